The molecule has 0 spiro atoms. The molecule has 1 aromatic carbocycles. The van der Waals surface area contributed by atoms with Crippen LogP contribution >= 0.6 is 12.4 Å². The van der Waals surface area contributed by atoms with Gasteiger partial charge < -0.3 is 10.1 Å². The van der Waals surface area contributed by atoms with E-state index >= 15 is 0 Å². The lowest BCUT2D eigenvalue weighted by Gasteiger charge is -2.39. The van der Waals surface area contributed by atoms with E-state index < -0.39 is 52.4 Å². The minimum absolute atomic E-state index is 0. The lowest BCUT2D eigenvalue weighted by Crippen LogP contribution is -2.48. The zero-order valence-corrected chi connectivity index (χ0v) is 13.6. The van der Waals surface area contributed by atoms with E-state index in [4.69, 9.17) is 0 Å². The highest BCUT2D eigenvalue weighted by Crippen LogP contribution is 2.45. The van der Waals surface area contributed by atoms with Gasteiger partial charge in [0.25, 0.3) is 0 Å². The maximum atomic E-state index is 14.2. The summed E-state index contributed by atoms with van der Waals surface area (Å²) in [5.41, 5.74) is -5.76. The molecule has 0 unspecified atom stereocenters. The number of rotatable bonds is 1. The number of amides is 1. The molecule has 1 aliphatic heterocycles. The fourth-order valence-electron chi connectivity index (χ4n) is 2.46. The number of cyclic esters (lactones) is 1. The predicted molar refractivity (Wildman–Crippen MR) is 74.7 cm³/mol. The third-order valence-corrected chi connectivity index (χ3v) is 3.67. The number of alkyl carbamates (subject to hydrolysis) is 1. The molecule has 0 bridgehead atoms. The van der Waals surface area contributed by atoms with Crippen LogP contribution in [0.25, 0.3) is 0 Å². The van der Waals surface area contributed by atoms with Gasteiger partial charge in [-0.05, 0) is 12.1 Å². The summed E-state index contributed by atoms with van der Waals surface area (Å²) >= 11 is 0. The van der Waals surface area contributed by atoms with Crippen molar-refractivity contribution in [2.24, 2.45) is 5.41 Å². The molecule has 1 atom stereocenters. The molecule has 1 amide bonds. The van der Waals surface area contributed by atoms with Crippen LogP contribution < -0.4 is 5.32 Å². The Morgan fingerprint density at radius 3 is 2.16 bits per heavy atom. The quantitative estimate of drug-likeness (QED) is 0.672. The zero-order valence-electron chi connectivity index (χ0n) is 12.8. The number of benzene rings is 1. The van der Waals surface area contributed by atoms with Crippen molar-refractivity contribution >= 4 is 18.5 Å². The Labute approximate surface area is 143 Å². The zero-order chi connectivity index (χ0) is 18.5. The van der Waals surface area contributed by atoms with Gasteiger partial charge in [0.05, 0.1) is 17.2 Å². The Kier molecular flexibility index (Phi) is 5.58. The molecular formula is C14H13ClF7NO2. The van der Waals surface area contributed by atoms with Crippen LogP contribution in [0.1, 0.15) is 36.6 Å². The fourth-order valence-corrected chi connectivity index (χ4v) is 2.46. The number of hydrogen-bond donors (Lipinski definition) is 1. The molecule has 0 radical (unpaired) electrons. The van der Waals surface area contributed by atoms with Gasteiger partial charge in [-0.2, -0.15) is 26.3 Å². The molecule has 3 nitrogen and oxygen atoms in total. The molecule has 1 heterocycles. The second-order valence-corrected chi connectivity index (χ2v) is 6.06. The molecule has 1 fully saturated rings. The number of ether oxygens (including phenoxy) is 1. The Balaban J connectivity index is 0.00000312. The summed E-state index contributed by atoms with van der Waals surface area (Å²) in [6.45, 7) is 2.48. The van der Waals surface area contributed by atoms with Crippen LogP contribution in [0.5, 0.6) is 0 Å². The average Bonchev–Trinajstić information content (AvgIpc) is 2.39. The van der Waals surface area contributed by atoms with Gasteiger partial charge in [0.15, 0.2) is 0 Å². The third-order valence-electron chi connectivity index (χ3n) is 3.67. The molecule has 1 aromatic rings. The minimum atomic E-state index is -5.24. The van der Waals surface area contributed by atoms with Crippen LogP contribution in [-0.2, 0) is 17.1 Å². The molecular weight excluding hydrogens is 383 g/mol. The lowest BCUT2D eigenvalue weighted by molar-refractivity contribution is -0.144. The average molecular weight is 396 g/mol. The number of hydrogen-bond acceptors (Lipinski definition) is 2. The van der Waals surface area contributed by atoms with E-state index in [1.807, 2.05) is 0 Å². The SMILES string of the molecule is CC1(C)COC(=O)N[C@@H]1c1c(F)cc(C(F)(F)F)cc1C(F)(F)F.Cl. The first-order valence-electron chi connectivity index (χ1n) is 6.64. The molecule has 0 saturated carbocycles. The molecule has 11 heteroatoms. The molecule has 25 heavy (non-hydrogen) atoms. The van der Waals surface area contributed by atoms with Gasteiger partial charge in [0.2, 0.25) is 0 Å². The number of carbonyl (C=O) groups is 1. The van der Waals surface area contributed by atoms with Crippen LogP contribution in [0.3, 0.4) is 0 Å². The molecule has 1 saturated heterocycles. The van der Waals surface area contributed by atoms with E-state index in [9.17, 15) is 35.5 Å². The van der Waals surface area contributed by atoms with Crippen molar-refractivity contribution in [2.75, 3.05) is 6.61 Å². The second-order valence-electron chi connectivity index (χ2n) is 6.06. The van der Waals surface area contributed by atoms with Crippen LogP contribution in [-0.4, -0.2) is 12.7 Å². The smallest absolute Gasteiger partial charge is 0.416 e. The Morgan fingerprint density at radius 1 is 1.12 bits per heavy atom. The van der Waals surface area contributed by atoms with Crippen molar-refractivity contribution < 1.29 is 40.3 Å². The first kappa shape index (κ1) is 21.3. The maximum absolute atomic E-state index is 14.2. The maximum Gasteiger partial charge on any atom is 0.416 e. The lowest BCUT2D eigenvalue weighted by atomic mass is 9.78. The number of halogens is 8. The summed E-state index contributed by atoms with van der Waals surface area (Å²) < 4.78 is 96.7. The minimum Gasteiger partial charge on any atom is -0.449 e. The number of alkyl halides is 6. The van der Waals surface area contributed by atoms with Gasteiger partial charge in [-0.3, -0.25) is 0 Å². The van der Waals surface area contributed by atoms with Crippen molar-refractivity contribution in [3.63, 3.8) is 0 Å². The van der Waals surface area contributed by atoms with Crippen LogP contribution in [0, 0.1) is 11.2 Å². The van der Waals surface area contributed by atoms with Gasteiger partial charge in [0.1, 0.15) is 12.4 Å². The van der Waals surface area contributed by atoms with Crippen molar-refractivity contribution in [2.45, 2.75) is 32.2 Å². The van der Waals surface area contributed by atoms with Crippen molar-refractivity contribution in [1.82, 2.24) is 5.32 Å². The van der Waals surface area contributed by atoms with Gasteiger partial charge in [-0.1, -0.05) is 13.8 Å². The standard InChI is InChI=1S/C14H12F7NO2.ClH/c1-12(2)5-24-11(23)22-10(12)9-7(14(19,20)21)3-6(4-8(9)15)13(16,17)18;/h3-4,10H,5H2,1-2H3,(H,22,23);1H/t10-;/m1./s1. The first-order valence-corrected chi connectivity index (χ1v) is 6.64. The van der Waals surface area contributed by atoms with E-state index in [2.05, 4.69) is 10.1 Å². The molecule has 2 rings (SSSR count). The Bertz CT molecular complexity index is 670. The Hall–Kier alpha value is -1.71. The van der Waals surface area contributed by atoms with E-state index in [1.54, 1.807) is 0 Å². The topological polar surface area (TPSA) is 38.3 Å². The molecule has 0 aliphatic carbocycles. The van der Waals surface area contributed by atoms with Crippen molar-refractivity contribution in [3.05, 3.63) is 34.6 Å². The first-order chi connectivity index (χ1) is 10.7. The van der Waals surface area contributed by atoms with Crippen molar-refractivity contribution in [1.29, 1.82) is 0 Å². The summed E-state index contributed by atoms with van der Waals surface area (Å²) in [6, 6.07) is -1.67. The highest BCUT2D eigenvalue weighted by Gasteiger charge is 2.46. The van der Waals surface area contributed by atoms with E-state index in [0.29, 0.717) is 0 Å². The molecule has 1 N–H and O–H groups in total. The summed E-state index contributed by atoms with van der Waals surface area (Å²) in [4.78, 5) is 11.3. The predicted octanol–water partition coefficient (Wildman–Crippen LogP) is 5.09. The van der Waals surface area contributed by atoms with Crippen molar-refractivity contribution in [3.8, 4) is 0 Å². The normalized spacial score (nSPS) is 20.4. The fraction of sp³-hybridized carbons (Fsp3) is 0.500. The van der Waals surface area contributed by atoms with Crippen LogP contribution in [0.2, 0.25) is 0 Å². The summed E-state index contributed by atoms with van der Waals surface area (Å²) in [6.07, 6.45) is -11.5. The van der Waals surface area contributed by atoms with E-state index in [-0.39, 0.29) is 31.1 Å². The number of nitrogens with one attached hydrogen (secondary N) is 1. The molecule has 0 aromatic heterocycles. The van der Waals surface area contributed by atoms with Gasteiger partial charge in [0, 0.05) is 11.0 Å². The van der Waals surface area contributed by atoms with Gasteiger partial charge >= 0.3 is 18.4 Å². The molecule has 1 aliphatic rings. The van der Waals surface area contributed by atoms with Gasteiger partial charge in [-0.25, -0.2) is 9.18 Å². The largest absolute Gasteiger partial charge is 0.449 e. The summed E-state index contributed by atoms with van der Waals surface area (Å²) in [7, 11) is 0. The van der Waals surface area contributed by atoms with E-state index in [1.165, 1.54) is 13.8 Å². The second kappa shape index (κ2) is 6.54. The number of carbonyl (C=O) groups excluding carboxylic acids is 1. The highest BCUT2D eigenvalue weighted by atomic mass is 35.5. The monoisotopic (exact) mass is 395 g/mol. The Morgan fingerprint density at radius 2 is 1.68 bits per heavy atom. The summed E-state index contributed by atoms with van der Waals surface area (Å²) in [5, 5.41) is 2.05. The third kappa shape index (κ3) is 4.28. The van der Waals surface area contributed by atoms with E-state index in [0.717, 1.165) is 0 Å². The van der Waals surface area contributed by atoms with Gasteiger partial charge in [-0.15, -0.1) is 12.4 Å². The van der Waals surface area contributed by atoms with Crippen LogP contribution in [0.15, 0.2) is 12.1 Å². The molecule has 142 valence electrons. The summed E-state index contributed by atoms with van der Waals surface area (Å²) in [5.74, 6) is -1.70. The van der Waals surface area contributed by atoms with Crippen LogP contribution in [0.4, 0.5) is 35.5 Å². The highest BCUT2D eigenvalue weighted by molar-refractivity contribution is 5.85.